The van der Waals surface area contributed by atoms with Gasteiger partial charge in [0.2, 0.25) is 0 Å². The van der Waals surface area contributed by atoms with Crippen LogP contribution in [0.5, 0.6) is 0 Å². The molecule has 1 aliphatic heterocycles. The second-order valence-electron chi connectivity index (χ2n) is 4.69. The van der Waals surface area contributed by atoms with Crippen molar-refractivity contribution >= 4 is 0 Å². The van der Waals surface area contributed by atoms with E-state index < -0.39 is 0 Å². The zero-order chi connectivity index (χ0) is 11.2. The number of hydrogen-bond donors (Lipinski definition) is 1. The molecule has 16 heavy (non-hydrogen) atoms. The van der Waals surface area contributed by atoms with Crippen molar-refractivity contribution in [2.75, 3.05) is 26.2 Å². The van der Waals surface area contributed by atoms with Crippen LogP contribution >= 0.6 is 0 Å². The lowest BCUT2D eigenvalue weighted by atomic mass is 10.1. The zero-order valence-corrected chi connectivity index (χ0v) is 10.3. The number of aryl methyl sites for hydroxylation is 1. The second kappa shape index (κ2) is 6.06. The Morgan fingerprint density at radius 2 is 2.06 bits per heavy atom. The summed E-state index contributed by atoms with van der Waals surface area (Å²) in [6, 6.07) is 4.27. The van der Waals surface area contributed by atoms with Crippen molar-refractivity contribution in [2.45, 2.75) is 25.8 Å². The highest BCUT2D eigenvalue weighted by molar-refractivity contribution is 5.05. The molecule has 3 heteroatoms. The topological polar surface area (TPSA) is 20.2 Å². The highest BCUT2D eigenvalue weighted by Gasteiger charge is 2.08. The van der Waals surface area contributed by atoms with Gasteiger partial charge in [-0.2, -0.15) is 0 Å². The van der Waals surface area contributed by atoms with Gasteiger partial charge in [0.25, 0.3) is 0 Å². The van der Waals surface area contributed by atoms with E-state index in [1.165, 1.54) is 44.6 Å². The summed E-state index contributed by atoms with van der Waals surface area (Å²) in [5.41, 5.74) is 1.36. The first-order valence-corrected chi connectivity index (χ1v) is 6.39. The molecule has 0 amide bonds. The Morgan fingerprint density at radius 1 is 1.25 bits per heavy atom. The summed E-state index contributed by atoms with van der Waals surface area (Å²) in [5.74, 6) is 0. The molecule has 1 fully saturated rings. The summed E-state index contributed by atoms with van der Waals surface area (Å²) in [5, 5.41) is 3.51. The van der Waals surface area contributed by atoms with E-state index in [-0.39, 0.29) is 0 Å². The minimum absolute atomic E-state index is 0.983. The number of rotatable bonds is 5. The van der Waals surface area contributed by atoms with E-state index in [2.05, 4.69) is 40.2 Å². The minimum atomic E-state index is 0.983. The SMILES string of the molecule is Cn1cccc1CNCCN1CCCCC1. The lowest BCUT2D eigenvalue weighted by Gasteiger charge is -2.26. The third-order valence-corrected chi connectivity index (χ3v) is 3.41. The highest BCUT2D eigenvalue weighted by Crippen LogP contribution is 2.07. The first-order valence-electron chi connectivity index (χ1n) is 6.39. The summed E-state index contributed by atoms with van der Waals surface area (Å²) in [6.07, 6.45) is 6.30. The molecule has 0 atom stereocenters. The van der Waals surface area contributed by atoms with Gasteiger partial charge in [-0.3, -0.25) is 0 Å². The average Bonchev–Trinajstić information content (AvgIpc) is 2.72. The lowest BCUT2D eigenvalue weighted by Crippen LogP contribution is -2.35. The maximum atomic E-state index is 3.51. The van der Waals surface area contributed by atoms with E-state index in [0.717, 1.165) is 13.1 Å². The molecule has 90 valence electrons. The molecular formula is C13H23N3. The van der Waals surface area contributed by atoms with Crippen molar-refractivity contribution in [3.05, 3.63) is 24.0 Å². The molecule has 0 aliphatic carbocycles. The van der Waals surface area contributed by atoms with Crippen LogP contribution in [0.4, 0.5) is 0 Å². The van der Waals surface area contributed by atoms with Gasteiger partial charge in [0.1, 0.15) is 0 Å². The van der Waals surface area contributed by atoms with E-state index in [1.54, 1.807) is 0 Å². The van der Waals surface area contributed by atoms with Crippen LogP contribution < -0.4 is 5.32 Å². The smallest absolute Gasteiger partial charge is 0.0359 e. The zero-order valence-electron chi connectivity index (χ0n) is 10.3. The Bertz CT molecular complexity index is 300. The van der Waals surface area contributed by atoms with Gasteiger partial charge in [-0.1, -0.05) is 6.42 Å². The molecule has 1 saturated heterocycles. The molecule has 0 bridgehead atoms. The lowest BCUT2D eigenvalue weighted by molar-refractivity contribution is 0.229. The first-order chi connectivity index (χ1) is 7.86. The average molecular weight is 221 g/mol. The minimum Gasteiger partial charge on any atom is -0.353 e. The molecule has 0 unspecified atom stereocenters. The Hall–Kier alpha value is -0.800. The van der Waals surface area contributed by atoms with Crippen molar-refractivity contribution in [1.29, 1.82) is 0 Å². The molecule has 0 radical (unpaired) electrons. The number of nitrogens with zero attached hydrogens (tertiary/aromatic N) is 2. The quantitative estimate of drug-likeness (QED) is 0.762. The third kappa shape index (κ3) is 3.35. The van der Waals surface area contributed by atoms with Crippen LogP contribution in [0.2, 0.25) is 0 Å². The number of likely N-dealkylation sites (tertiary alicyclic amines) is 1. The summed E-state index contributed by atoms with van der Waals surface area (Å²) < 4.78 is 2.17. The summed E-state index contributed by atoms with van der Waals surface area (Å²) >= 11 is 0. The molecule has 1 N–H and O–H groups in total. The predicted molar refractivity (Wildman–Crippen MR) is 67.4 cm³/mol. The summed E-state index contributed by atoms with van der Waals surface area (Å²) in [6.45, 7) is 5.88. The third-order valence-electron chi connectivity index (χ3n) is 3.41. The Morgan fingerprint density at radius 3 is 2.75 bits per heavy atom. The number of piperidine rings is 1. The van der Waals surface area contributed by atoms with Gasteiger partial charge in [-0.25, -0.2) is 0 Å². The molecule has 3 nitrogen and oxygen atoms in total. The van der Waals surface area contributed by atoms with Crippen molar-refractivity contribution in [3.63, 3.8) is 0 Å². The number of aromatic nitrogens is 1. The van der Waals surface area contributed by atoms with Crippen LogP contribution in [0.15, 0.2) is 18.3 Å². The van der Waals surface area contributed by atoms with Gasteiger partial charge in [0.05, 0.1) is 0 Å². The molecule has 0 aromatic carbocycles. The van der Waals surface area contributed by atoms with Crippen LogP contribution in [-0.4, -0.2) is 35.6 Å². The fourth-order valence-electron chi connectivity index (χ4n) is 2.32. The molecule has 0 saturated carbocycles. The van der Waals surface area contributed by atoms with Crippen molar-refractivity contribution in [1.82, 2.24) is 14.8 Å². The molecular weight excluding hydrogens is 198 g/mol. The van der Waals surface area contributed by atoms with Gasteiger partial charge >= 0.3 is 0 Å². The van der Waals surface area contributed by atoms with Gasteiger partial charge in [-0.15, -0.1) is 0 Å². The van der Waals surface area contributed by atoms with E-state index in [1.807, 2.05) is 0 Å². The molecule has 0 spiro atoms. The second-order valence-corrected chi connectivity index (χ2v) is 4.69. The fraction of sp³-hybridized carbons (Fsp3) is 0.692. The van der Waals surface area contributed by atoms with Gasteiger partial charge in [-0.05, 0) is 38.1 Å². The maximum absolute atomic E-state index is 3.51. The van der Waals surface area contributed by atoms with Crippen LogP contribution in [0.3, 0.4) is 0 Å². The van der Waals surface area contributed by atoms with E-state index >= 15 is 0 Å². The van der Waals surface area contributed by atoms with E-state index in [0.29, 0.717) is 0 Å². The Balaban J connectivity index is 1.59. The van der Waals surface area contributed by atoms with E-state index in [9.17, 15) is 0 Å². The van der Waals surface area contributed by atoms with Gasteiger partial charge < -0.3 is 14.8 Å². The number of hydrogen-bond acceptors (Lipinski definition) is 2. The Labute approximate surface area is 98.4 Å². The number of nitrogens with one attached hydrogen (secondary N) is 1. The van der Waals surface area contributed by atoms with Crippen LogP contribution in [-0.2, 0) is 13.6 Å². The monoisotopic (exact) mass is 221 g/mol. The maximum Gasteiger partial charge on any atom is 0.0359 e. The van der Waals surface area contributed by atoms with Crippen molar-refractivity contribution in [3.8, 4) is 0 Å². The molecule has 2 heterocycles. The van der Waals surface area contributed by atoms with Crippen LogP contribution in [0.25, 0.3) is 0 Å². The van der Waals surface area contributed by atoms with Crippen molar-refractivity contribution < 1.29 is 0 Å². The standard InChI is InChI=1S/C13H23N3/c1-15-8-5-6-13(15)12-14-7-11-16-9-3-2-4-10-16/h5-6,8,14H,2-4,7,9-12H2,1H3. The van der Waals surface area contributed by atoms with Crippen LogP contribution in [0.1, 0.15) is 25.0 Å². The summed E-state index contributed by atoms with van der Waals surface area (Å²) in [7, 11) is 2.10. The largest absolute Gasteiger partial charge is 0.353 e. The highest BCUT2D eigenvalue weighted by atomic mass is 15.1. The molecule has 1 aromatic heterocycles. The molecule has 1 aliphatic rings. The van der Waals surface area contributed by atoms with Crippen molar-refractivity contribution in [2.24, 2.45) is 7.05 Å². The molecule has 1 aromatic rings. The van der Waals surface area contributed by atoms with Gasteiger partial charge in [0, 0.05) is 38.6 Å². The first kappa shape index (κ1) is 11.7. The summed E-state index contributed by atoms with van der Waals surface area (Å²) in [4.78, 5) is 2.57. The Kier molecular flexibility index (Phi) is 4.43. The van der Waals surface area contributed by atoms with E-state index in [4.69, 9.17) is 0 Å². The van der Waals surface area contributed by atoms with Crippen LogP contribution in [0, 0.1) is 0 Å². The normalized spacial score (nSPS) is 17.8. The predicted octanol–water partition coefficient (Wildman–Crippen LogP) is 1.60. The molecule has 2 rings (SSSR count). The van der Waals surface area contributed by atoms with Gasteiger partial charge in [0.15, 0.2) is 0 Å². The fourth-order valence-corrected chi connectivity index (χ4v) is 2.32.